The number of ketones is 2. The van der Waals surface area contributed by atoms with Crippen LogP contribution in [0.5, 0.6) is 0 Å². The maximum Gasteiger partial charge on any atom is 0.198 e. The molecule has 0 bridgehead atoms. The fourth-order valence-electron chi connectivity index (χ4n) is 7.66. The maximum absolute atomic E-state index is 14.4. The van der Waals surface area contributed by atoms with Crippen molar-refractivity contribution in [2.45, 2.75) is 71.8 Å². The van der Waals surface area contributed by atoms with Crippen LogP contribution in [0.4, 0.5) is 11.4 Å². The summed E-state index contributed by atoms with van der Waals surface area (Å²) in [6, 6.07) is 33.1. The van der Waals surface area contributed by atoms with Gasteiger partial charge in [-0.15, -0.1) is 11.3 Å². The normalized spacial score (nSPS) is 14.8. The van der Waals surface area contributed by atoms with E-state index in [2.05, 4.69) is 63.8 Å². The Hall–Kier alpha value is -4.54. The first-order valence-electron chi connectivity index (χ1n) is 16.9. The van der Waals surface area contributed by atoms with E-state index in [1.165, 1.54) is 26.7 Å². The monoisotopic (exact) mass is 635 g/mol. The zero-order valence-corrected chi connectivity index (χ0v) is 28.7. The average molecular weight is 636 g/mol. The predicted molar refractivity (Wildman–Crippen MR) is 197 cm³/mol. The zero-order valence-electron chi connectivity index (χ0n) is 27.9. The number of hydrogen-bond donors (Lipinski definition) is 0. The van der Waals surface area contributed by atoms with Gasteiger partial charge in [0.15, 0.2) is 11.6 Å². The number of carbonyl (C=O) groups is 2. The predicted octanol–water partition coefficient (Wildman–Crippen LogP) is 11.6. The molecule has 0 unspecified atom stereocenters. The molecule has 0 saturated carbocycles. The van der Waals surface area contributed by atoms with Gasteiger partial charge in [0.05, 0.1) is 11.3 Å². The third kappa shape index (κ3) is 5.20. The van der Waals surface area contributed by atoms with E-state index >= 15 is 0 Å². The van der Waals surface area contributed by atoms with Crippen LogP contribution in [0.15, 0.2) is 103 Å². The van der Waals surface area contributed by atoms with Crippen LogP contribution < -0.4 is 4.90 Å². The van der Waals surface area contributed by atoms with E-state index in [-0.39, 0.29) is 22.6 Å². The van der Waals surface area contributed by atoms with Gasteiger partial charge in [-0.1, -0.05) is 119 Å². The lowest BCUT2D eigenvalue weighted by Gasteiger charge is -2.44. The number of nitrogens with zero attached hydrogens (tertiary/aromatic N) is 1. The van der Waals surface area contributed by atoms with E-state index in [1.807, 2.05) is 90.2 Å². The third-order valence-electron chi connectivity index (χ3n) is 9.85. The van der Waals surface area contributed by atoms with Crippen LogP contribution in [0.25, 0.3) is 28.3 Å². The van der Waals surface area contributed by atoms with Crippen LogP contribution in [0.3, 0.4) is 0 Å². The van der Waals surface area contributed by atoms with Crippen molar-refractivity contribution in [2.75, 3.05) is 4.90 Å². The number of thiophene rings is 1. The number of benzene rings is 4. The largest absolute Gasteiger partial charge is 0.337 e. The Morgan fingerprint density at radius 3 is 1.81 bits per heavy atom. The first-order chi connectivity index (χ1) is 22.7. The van der Waals surface area contributed by atoms with E-state index in [0.29, 0.717) is 17.2 Å². The van der Waals surface area contributed by atoms with Gasteiger partial charge in [0.25, 0.3) is 0 Å². The molecule has 1 aliphatic carbocycles. The van der Waals surface area contributed by atoms with Gasteiger partial charge in [-0.2, -0.15) is 0 Å². The van der Waals surface area contributed by atoms with E-state index in [0.717, 1.165) is 53.5 Å². The molecule has 2 aliphatic rings. The molecule has 0 amide bonds. The van der Waals surface area contributed by atoms with Crippen LogP contribution in [0, 0.1) is 6.92 Å². The first kappa shape index (κ1) is 31.1. The summed E-state index contributed by atoms with van der Waals surface area (Å²) in [6.07, 6.45) is 6.34. The summed E-state index contributed by atoms with van der Waals surface area (Å²) in [7, 11) is 0. The lowest BCUT2D eigenvalue weighted by molar-refractivity contribution is 0.0991. The van der Waals surface area contributed by atoms with Crippen molar-refractivity contribution in [1.82, 2.24) is 0 Å². The van der Waals surface area contributed by atoms with Crippen molar-refractivity contribution in [3.05, 3.63) is 135 Å². The molecule has 1 aliphatic heterocycles. The Bertz CT molecular complexity index is 1950. The van der Waals surface area contributed by atoms with Crippen molar-refractivity contribution in [1.29, 1.82) is 0 Å². The number of rotatable bonds is 8. The number of allylic oxidation sites excluding steroid dienone is 1. The molecule has 0 N–H and O–H groups in total. The summed E-state index contributed by atoms with van der Waals surface area (Å²) in [4.78, 5) is 34.0. The molecule has 0 saturated heterocycles. The van der Waals surface area contributed by atoms with E-state index in [4.69, 9.17) is 0 Å². The summed E-state index contributed by atoms with van der Waals surface area (Å²) < 4.78 is 0. The summed E-state index contributed by atoms with van der Waals surface area (Å²) in [5.74, 6) is -0.412. The summed E-state index contributed by atoms with van der Waals surface area (Å²) in [5.41, 5.74) is 9.14. The fraction of sp³-hybridized carbons (Fsp3) is 0.256. The number of Topliss-reactive ketones (excluding diaryl/α,β-unsaturated/α-hetero) is 2. The van der Waals surface area contributed by atoms with Crippen molar-refractivity contribution >= 4 is 40.4 Å². The SMILES string of the molecule is CCCC(CCC)N1c2ccc(C=C3C(=O)c4c(-c5ccccc5)ccc(-c5ccccc5)c4C3=O)cc2C(C)(C)c2sc(C)cc21. The first-order valence-corrected chi connectivity index (χ1v) is 17.7. The Balaban J connectivity index is 1.37. The number of carbonyl (C=O) groups excluding carboxylic acids is 2. The second kappa shape index (κ2) is 12.2. The molecule has 0 atom stereocenters. The van der Waals surface area contributed by atoms with Crippen LogP contribution in [-0.4, -0.2) is 17.6 Å². The molecule has 4 heteroatoms. The molecule has 0 spiro atoms. The standard InChI is InChI=1S/C43H41NO2S/c1-6-14-31(15-7-2)44-36-23-20-28(26-35(36)43(4,5)42-37(44)24-27(3)47-42)25-34-40(45)38-32(29-16-10-8-11-17-29)21-22-33(39(38)41(34)46)30-18-12-9-13-19-30/h8-13,16-26,31H,6-7,14-15H2,1-5H3. The smallest absolute Gasteiger partial charge is 0.198 e. The highest BCUT2D eigenvalue weighted by molar-refractivity contribution is 7.12. The van der Waals surface area contributed by atoms with Gasteiger partial charge >= 0.3 is 0 Å². The molecule has 5 aromatic rings. The number of aryl methyl sites for hydroxylation is 1. The lowest BCUT2D eigenvalue weighted by Crippen LogP contribution is -2.38. The quantitative estimate of drug-likeness (QED) is 0.126. The van der Waals surface area contributed by atoms with Crippen LogP contribution in [-0.2, 0) is 5.41 Å². The zero-order chi connectivity index (χ0) is 32.9. The van der Waals surface area contributed by atoms with Crippen molar-refractivity contribution in [3.63, 3.8) is 0 Å². The van der Waals surface area contributed by atoms with Crippen LogP contribution >= 0.6 is 11.3 Å². The molecular weight excluding hydrogens is 595 g/mol. The van der Waals surface area contributed by atoms with Gasteiger partial charge in [-0.05, 0) is 77.4 Å². The summed E-state index contributed by atoms with van der Waals surface area (Å²) in [6.45, 7) is 11.4. The average Bonchev–Trinajstić information content (AvgIpc) is 3.59. The second-order valence-corrected chi connectivity index (χ2v) is 14.7. The molecule has 47 heavy (non-hydrogen) atoms. The molecule has 4 aromatic carbocycles. The van der Waals surface area contributed by atoms with E-state index in [9.17, 15) is 9.59 Å². The van der Waals surface area contributed by atoms with Gasteiger partial charge in [0, 0.05) is 38.0 Å². The molecule has 7 rings (SSSR count). The molecular formula is C43H41NO2S. The second-order valence-electron chi connectivity index (χ2n) is 13.4. The van der Waals surface area contributed by atoms with Gasteiger partial charge in [0.2, 0.25) is 0 Å². The highest BCUT2D eigenvalue weighted by Crippen LogP contribution is 2.54. The van der Waals surface area contributed by atoms with E-state index < -0.39 is 0 Å². The minimum absolute atomic E-state index is 0.206. The number of anilines is 2. The Labute approximate surface area is 282 Å². The number of fused-ring (bicyclic) bond motifs is 3. The van der Waals surface area contributed by atoms with Gasteiger partial charge in [-0.25, -0.2) is 0 Å². The highest BCUT2D eigenvalue weighted by Gasteiger charge is 2.41. The highest BCUT2D eigenvalue weighted by atomic mass is 32.1. The van der Waals surface area contributed by atoms with Crippen molar-refractivity contribution in [2.24, 2.45) is 0 Å². The Morgan fingerprint density at radius 2 is 1.28 bits per heavy atom. The van der Waals surface area contributed by atoms with E-state index in [1.54, 1.807) is 0 Å². The fourth-order valence-corrected chi connectivity index (χ4v) is 8.78. The molecule has 2 heterocycles. The minimum Gasteiger partial charge on any atom is -0.337 e. The molecule has 3 nitrogen and oxygen atoms in total. The minimum atomic E-state index is -0.217. The van der Waals surface area contributed by atoms with Gasteiger partial charge < -0.3 is 4.90 Å². The molecule has 0 radical (unpaired) electrons. The van der Waals surface area contributed by atoms with Crippen molar-refractivity contribution < 1.29 is 9.59 Å². The molecule has 236 valence electrons. The maximum atomic E-state index is 14.4. The third-order valence-corrected chi connectivity index (χ3v) is 11.2. The Morgan fingerprint density at radius 1 is 0.723 bits per heavy atom. The van der Waals surface area contributed by atoms with Gasteiger partial charge in [0.1, 0.15) is 0 Å². The summed E-state index contributed by atoms with van der Waals surface area (Å²) in [5, 5.41) is 0. The summed E-state index contributed by atoms with van der Waals surface area (Å²) >= 11 is 1.88. The molecule has 0 fully saturated rings. The van der Waals surface area contributed by atoms with Gasteiger partial charge in [-0.3, -0.25) is 9.59 Å². The van der Waals surface area contributed by atoms with Crippen molar-refractivity contribution in [3.8, 4) is 22.3 Å². The Kier molecular flexibility index (Phi) is 8.09. The van der Waals surface area contributed by atoms with Crippen LogP contribution in [0.1, 0.15) is 95.0 Å². The lowest BCUT2D eigenvalue weighted by atomic mass is 9.77. The topological polar surface area (TPSA) is 37.4 Å². The van der Waals surface area contributed by atoms with Crippen LogP contribution in [0.2, 0.25) is 0 Å². The molecule has 1 aromatic heterocycles. The number of hydrogen-bond acceptors (Lipinski definition) is 4.